The number of rotatable bonds is 2. The minimum atomic E-state index is 0.237. The summed E-state index contributed by atoms with van der Waals surface area (Å²) < 4.78 is 5.72. The lowest BCUT2D eigenvalue weighted by Crippen LogP contribution is -2.49. The molecule has 2 heterocycles. The molecule has 0 amide bonds. The lowest BCUT2D eigenvalue weighted by molar-refractivity contribution is 0.0293. The molecule has 2 aromatic rings. The molecule has 0 saturated carbocycles. The number of ether oxygens (including phenoxy) is 1. The van der Waals surface area contributed by atoms with E-state index in [0.717, 1.165) is 42.2 Å². The van der Waals surface area contributed by atoms with Crippen molar-refractivity contribution in [2.75, 3.05) is 23.8 Å². The van der Waals surface area contributed by atoms with Gasteiger partial charge in [0.25, 0.3) is 0 Å². The largest absolute Gasteiger partial charge is 0.399 e. The molecule has 1 aromatic carbocycles. The lowest BCUT2D eigenvalue weighted by atomic mass is 10.1. The number of H-pyrrole nitrogens is 1. The molecule has 2 atom stereocenters. The number of nitrogens with two attached hydrogens (primary N) is 1. The predicted molar refractivity (Wildman–Crippen MR) is 77.3 cm³/mol. The van der Waals surface area contributed by atoms with Gasteiger partial charge in [-0.2, -0.15) is 0 Å². The topological polar surface area (TPSA) is 67.2 Å². The third kappa shape index (κ3) is 2.26. The van der Waals surface area contributed by atoms with E-state index in [-0.39, 0.29) is 6.10 Å². The molecule has 1 fully saturated rings. The van der Waals surface area contributed by atoms with Crippen molar-refractivity contribution >= 4 is 22.7 Å². The van der Waals surface area contributed by atoms with E-state index < -0.39 is 0 Å². The monoisotopic (exact) mass is 260 g/mol. The molecule has 102 valence electrons. The van der Waals surface area contributed by atoms with Crippen molar-refractivity contribution < 1.29 is 4.74 Å². The van der Waals surface area contributed by atoms with Gasteiger partial charge in [0.05, 0.1) is 29.8 Å². The molecule has 3 rings (SSSR count). The number of nitrogens with zero attached hydrogens (tertiary/aromatic N) is 2. The standard InChI is InChI=1S/C14H20N4O/c1-3-11-8-19-9(2)7-18(11)14-16-12-5-4-10(15)6-13(12)17-14/h4-6,9,11H,3,7-8,15H2,1-2H3,(H,16,17). The summed E-state index contributed by atoms with van der Waals surface area (Å²) in [4.78, 5) is 10.3. The zero-order chi connectivity index (χ0) is 13.4. The van der Waals surface area contributed by atoms with E-state index in [2.05, 4.69) is 28.7 Å². The third-order valence-corrected chi connectivity index (χ3v) is 3.70. The Kier molecular flexibility index (Phi) is 3.06. The molecule has 1 aliphatic rings. The van der Waals surface area contributed by atoms with Crippen LogP contribution in [0.5, 0.6) is 0 Å². The highest BCUT2D eigenvalue weighted by molar-refractivity contribution is 5.81. The van der Waals surface area contributed by atoms with Gasteiger partial charge in [0.15, 0.2) is 0 Å². The van der Waals surface area contributed by atoms with E-state index in [1.165, 1.54) is 0 Å². The molecule has 2 unspecified atom stereocenters. The summed E-state index contributed by atoms with van der Waals surface area (Å²) >= 11 is 0. The van der Waals surface area contributed by atoms with Crippen LogP contribution in [-0.4, -0.2) is 35.3 Å². The number of aromatic amines is 1. The molecule has 0 aliphatic carbocycles. The second-order valence-electron chi connectivity index (χ2n) is 5.20. The highest BCUT2D eigenvalue weighted by atomic mass is 16.5. The van der Waals surface area contributed by atoms with Crippen LogP contribution >= 0.6 is 0 Å². The molecule has 0 bridgehead atoms. The molecule has 3 N–H and O–H groups in total. The van der Waals surface area contributed by atoms with Gasteiger partial charge in [-0.1, -0.05) is 6.92 Å². The van der Waals surface area contributed by atoms with E-state index in [1.54, 1.807) is 0 Å². The molecule has 19 heavy (non-hydrogen) atoms. The number of hydrogen-bond acceptors (Lipinski definition) is 4. The molecular formula is C14H20N4O. The summed E-state index contributed by atoms with van der Waals surface area (Å²) in [6, 6.07) is 6.15. The van der Waals surface area contributed by atoms with E-state index in [1.807, 2.05) is 18.2 Å². The Morgan fingerprint density at radius 1 is 1.53 bits per heavy atom. The predicted octanol–water partition coefficient (Wildman–Crippen LogP) is 2.15. The number of aromatic nitrogens is 2. The Labute approximate surface area is 112 Å². The second kappa shape index (κ2) is 4.74. The maximum atomic E-state index is 5.81. The normalized spacial score (nSPS) is 24.0. The maximum Gasteiger partial charge on any atom is 0.204 e. The number of imidazole rings is 1. The first-order chi connectivity index (χ1) is 9.17. The fourth-order valence-corrected chi connectivity index (χ4v) is 2.59. The van der Waals surface area contributed by atoms with Crippen LogP contribution in [0.2, 0.25) is 0 Å². The van der Waals surface area contributed by atoms with Crippen molar-refractivity contribution in [3.05, 3.63) is 18.2 Å². The SMILES string of the molecule is CCC1COC(C)CN1c1nc2ccc(N)cc2[nH]1. The molecule has 1 aromatic heterocycles. The summed E-state index contributed by atoms with van der Waals surface area (Å²) in [7, 11) is 0. The first-order valence-corrected chi connectivity index (χ1v) is 6.81. The Morgan fingerprint density at radius 3 is 3.16 bits per heavy atom. The first kappa shape index (κ1) is 12.3. The minimum absolute atomic E-state index is 0.237. The van der Waals surface area contributed by atoms with Crippen LogP contribution in [0.3, 0.4) is 0 Å². The molecule has 0 spiro atoms. The quantitative estimate of drug-likeness (QED) is 0.812. The van der Waals surface area contributed by atoms with E-state index in [9.17, 15) is 0 Å². The van der Waals surface area contributed by atoms with E-state index >= 15 is 0 Å². The summed E-state index contributed by atoms with van der Waals surface area (Å²) in [6.07, 6.45) is 1.28. The molecule has 1 aliphatic heterocycles. The van der Waals surface area contributed by atoms with Gasteiger partial charge in [-0.3, -0.25) is 0 Å². The number of benzene rings is 1. The smallest absolute Gasteiger partial charge is 0.204 e. The molecular weight excluding hydrogens is 240 g/mol. The second-order valence-corrected chi connectivity index (χ2v) is 5.20. The van der Waals surface area contributed by atoms with Crippen LogP contribution in [0.4, 0.5) is 11.6 Å². The average molecular weight is 260 g/mol. The first-order valence-electron chi connectivity index (χ1n) is 6.81. The van der Waals surface area contributed by atoms with Crippen molar-refractivity contribution in [1.82, 2.24) is 9.97 Å². The van der Waals surface area contributed by atoms with Gasteiger partial charge in [-0.05, 0) is 31.5 Å². The van der Waals surface area contributed by atoms with Gasteiger partial charge >= 0.3 is 0 Å². The van der Waals surface area contributed by atoms with Gasteiger partial charge in [-0.15, -0.1) is 0 Å². The van der Waals surface area contributed by atoms with Crippen LogP contribution in [0.25, 0.3) is 11.0 Å². The third-order valence-electron chi connectivity index (χ3n) is 3.70. The Balaban J connectivity index is 1.97. The lowest BCUT2D eigenvalue weighted by Gasteiger charge is -2.38. The summed E-state index contributed by atoms with van der Waals surface area (Å²) in [6.45, 7) is 5.90. The van der Waals surface area contributed by atoms with Crippen molar-refractivity contribution in [2.24, 2.45) is 0 Å². The number of fused-ring (bicyclic) bond motifs is 1. The zero-order valence-corrected chi connectivity index (χ0v) is 11.4. The number of nitrogens with one attached hydrogen (secondary N) is 1. The van der Waals surface area contributed by atoms with E-state index in [0.29, 0.717) is 6.04 Å². The minimum Gasteiger partial charge on any atom is -0.399 e. The van der Waals surface area contributed by atoms with Crippen molar-refractivity contribution in [3.8, 4) is 0 Å². The molecule has 1 saturated heterocycles. The van der Waals surface area contributed by atoms with Crippen LogP contribution in [0.15, 0.2) is 18.2 Å². The molecule has 5 nitrogen and oxygen atoms in total. The van der Waals surface area contributed by atoms with Crippen molar-refractivity contribution in [3.63, 3.8) is 0 Å². The van der Waals surface area contributed by atoms with Gasteiger partial charge in [-0.25, -0.2) is 4.98 Å². The summed E-state index contributed by atoms with van der Waals surface area (Å²) in [5, 5.41) is 0. The van der Waals surface area contributed by atoms with E-state index in [4.69, 9.17) is 10.5 Å². The Bertz CT molecular complexity index is 580. The van der Waals surface area contributed by atoms with Crippen LogP contribution in [-0.2, 0) is 4.74 Å². The Morgan fingerprint density at radius 2 is 2.37 bits per heavy atom. The summed E-state index contributed by atoms with van der Waals surface area (Å²) in [5.41, 5.74) is 8.51. The number of hydrogen-bond donors (Lipinski definition) is 2. The maximum absolute atomic E-state index is 5.81. The van der Waals surface area contributed by atoms with Gasteiger partial charge < -0.3 is 20.4 Å². The highest BCUT2D eigenvalue weighted by Gasteiger charge is 2.27. The van der Waals surface area contributed by atoms with Crippen molar-refractivity contribution in [2.45, 2.75) is 32.4 Å². The fourth-order valence-electron chi connectivity index (χ4n) is 2.59. The van der Waals surface area contributed by atoms with Crippen LogP contribution in [0.1, 0.15) is 20.3 Å². The zero-order valence-electron chi connectivity index (χ0n) is 11.4. The number of nitrogen functional groups attached to an aromatic ring is 1. The van der Waals surface area contributed by atoms with Crippen LogP contribution in [0, 0.1) is 0 Å². The molecule has 0 radical (unpaired) electrons. The van der Waals surface area contributed by atoms with Gasteiger partial charge in [0.2, 0.25) is 5.95 Å². The number of anilines is 2. The highest BCUT2D eigenvalue weighted by Crippen LogP contribution is 2.24. The average Bonchev–Trinajstić information content (AvgIpc) is 2.81. The fraction of sp³-hybridized carbons (Fsp3) is 0.500. The van der Waals surface area contributed by atoms with Gasteiger partial charge in [0.1, 0.15) is 0 Å². The summed E-state index contributed by atoms with van der Waals surface area (Å²) in [5.74, 6) is 0.919. The Hall–Kier alpha value is -1.75. The number of morpholine rings is 1. The molecule has 5 heteroatoms. The van der Waals surface area contributed by atoms with Gasteiger partial charge in [0, 0.05) is 12.2 Å². The van der Waals surface area contributed by atoms with Crippen LogP contribution < -0.4 is 10.6 Å². The van der Waals surface area contributed by atoms with Crippen molar-refractivity contribution in [1.29, 1.82) is 0 Å².